The third-order valence-corrected chi connectivity index (χ3v) is 3.86. The second-order valence-corrected chi connectivity index (χ2v) is 5.74. The molecule has 0 amide bonds. The van der Waals surface area contributed by atoms with Gasteiger partial charge in [-0.25, -0.2) is 4.39 Å². The van der Waals surface area contributed by atoms with Crippen molar-refractivity contribution in [3.05, 3.63) is 63.9 Å². The summed E-state index contributed by atoms with van der Waals surface area (Å²) in [4.78, 5) is 0. The summed E-state index contributed by atoms with van der Waals surface area (Å²) in [6.07, 6.45) is 1.16. The second kappa shape index (κ2) is 7.54. The SMILES string of the molecule is COc1ccc(Br)cc1CC(Cc1ccccc1F)NN. The lowest BCUT2D eigenvalue weighted by molar-refractivity contribution is 0.404. The van der Waals surface area contributed by atoms with Crippen LogP contribution in [0.4, 0.5) is 4.39 Å². The van der Waals surface area contributed by atoms with E-state index in [4.69, 9.17) is 10.6 Å². The zero-order chi connectivity index (χ0) is 15.2. The first-order valence-electron chi connectivity index (χ1n) is 6.66. The lowest BCUT2D eigenvalue weighted by Gasteiger charge is -2.18. The molecule has 2 aromatic rings. The van der Waals surface area contributed by atoms with Gasteiger partial charge in [0.05, 0.1) is 7.11 Å². The van der Waals surface area contributed by atoms with Gasteiger partial charge in [-0.15, -0.1) is 0 Å². The Morgan fingerprint density at radius 2 is 1.90 bits per heavy atom. The van der Waals surface area contributed by atoms with E-state index < -0.39 is 0 Å². The van der Waals surface area contributed by atoms with Crippen molar-refractivity contribution < 1.29 is 9.13 Å². The maximum absolute atomic E-state index is 13.7. The monoisotopic (exact) mass is 352 g/mol. The number of hydrogen-bond acceptors (Lipinski definition) is 3. The van der Waals surface area contributed by atoms with Crippen molar-refractivity contribution in [2.45, 2.75) is 18.9 Å². The number of benzene rings is 2. The number of hydrogen-bond donors (Lipinski definition) is 2. The summed E-state index contributed by atoms with van der Waals surface area (Å²) < 4.78 is 20.1. The maximum atomic E-state index is 13.7. The Morgan fingerprint density at radius 3 is 2.57 bits per heavy atom. The molecule has 0 spiro atoms. The zero-order valence-electron chi connectivity index (χ0n) is 11.8. The molecule has 0 bridgehead atoms. The molecule has 3 nitrogen and oxygen atoms in total. The minimum absolute atomic E-state index is 0.0786. The number of methoxy groups -OCH3 is 1. The Kier molecular flexibility index (Phi) is 5.73. The third kappa shape index (κ3) is 4.27. The maximum Gasteiger partial charge on any atom is 0.126 e. The van der Waals surface area contributed by atoms with E-state index in [-0.39, 0.29) is 11.9 Å². The summed E-state index contributed by atoms with van der Waals surface area (Å²) >= 11 is 3.45. The third-order valence-electron chi connectivity index (χ3n) is 3.37. The van der Waals surface area contributed by atoms with Crippen LogP contribution in [-0.2, 0) is 12.8 Å². The molecule has 112 valence electrons. The lowest BCUT2D eigenvalue weighted by atomic mass is 9.98. The smallest absolute Gasteiger partial charge is 0.126 e. The van der Waals surface area contributed by atoms with E-state index in [1.165, 1.54) is 6.07 Å². The van der Waals surface area contributed by atoms with Gasteiger partial charge in [-0.3, -0.25) is 11.3 Å². The van der Waals surface area contributed by atoms with E-state index in [1.807, 2.05) is 24.3 Å². The van der Waals surface area contributed by atoms with Crippen molar-refractivity contribution in [3.8, 4) is 5.75 Å². The number of ether oxygens (including phenoxy) is 1. The first-order chi connectivity index (χ1) is 10.1. The molecule has 3 N–H and O–H groups in total. The number of halogens is 2. The van der Waals surface area contributed by atoms with Crippen LogP contribution < -0.4 is 16.0 Å². The summed E-state index contributed by atoms with van der Waals surface area (Å²) in [5.74, 6) is 6.21. The highest BCUT2D eigenvalue weighted by atomic mass is 79.9. The minimum atomic E-state index is -0.209. The number of nitrogens with one attached hydrogen (secondary N) is 1. The van der Waals surface area contributed by atoms with Crippen LogP contribution in [0.15, 0.2) is 46.9 Å². The fourth-order valence-electron chi connectivity index (χ4n) is 2.29. The summed E-state index contributed by atoms with van der Waals surface area (Å²) in [6, 6.07) is 12.5. The molecule has 0 aliphatic rings. The normalized spacial score (nSPS) is 12.2. The molecule has 21 heavy (non-hydrogen) atoms. The van der Waals surface area contributed by atoms with Gasteiger partial charge in [-0.2, -0.15) is 0 Å². The largest absolute Gasteiger partial charge is 0.496 e. The van der Waals surface area contributed by atoms with Crippen LogP contribution in [-0.4, -0.2) is 13.2 Å². The Bertz CT molecular complexity index is 607. The highest BCUT2D eigenvalue weighted by Gasteiger charge is 2.14. The van der Waals surface area contributed by atoms with Gasteiger partial charge < -0.3 is 4.74 Å². The highest BCUT2D eigenvalue weighted by Crippen LogP contribution is 2.25. The van der Waals surface area contributed by atoms with Gasteiger partial charge in [-0.1, -0.05) is 34.1 Å². The van der Waals surface area contributed by atoms with E-state index in [0.29, 0.717) is 18.4 Å². The van der Waals surface area contributed by atoms with Crippen LogP contribution >= 0.6 is 15.9 Å². The Morgan fingerprint density at radius 1 is 1.19 bits per heavy atom. The van der Waals surface area contributed by atoms with Gasteiger partial charge in [0, 0.05) is 10.5 Å². The highest BCUT2D eigenvalue weighted by molar-refractivity contribution is 9.10. The second-order valence-electron chi connectivity index (χ2n) is 4.82. The minimum Gasteiger partial charge on any atom is -0.496 e. The first kappa shape index (κ1) is 15.9. The molecule has 2 rings (SSSR count). The number of rotatable bonds is 6. The van der Waals surface area contributed by atoms with Crippen LogP contribution in [0.2, 0.25) is 0 Å². The van der Waals surface area contributed by atoms with Gasteiger partial charge in [0.15, 0.2) is 0 Å². The first-order valence-corrected chi connectivity index (χ1v) is 7.45. The molecule has 1 unspecified atom stereocenters. The zero-order valence-corrected chi connectivity index (χ0v) is 13.4. The van der Waals surface area contributed by atoms with Gasteiger partial charge in [0.25, 0.3) is 0 Å². The fraction of sp³-hybridized carbons (Fsp3) is 0.250. The molecule has 0 heterocycles. The summed E-state index contributed by atoms with van der Waals surface area (Å²) in [7, 11) is 1.63. The topological polar surface area (TPSA) is 47.3 Å². The van der Waals surface area contributed by atoms with Crippen molar-refractivity contribution in [2.24, 2.45) is 5.84 Å². The lowest BCUT2D eigenvalue weighted by Crippen LogP contribution is -2.38. The standard InChI is InChI=1S/C16H18BrFN2O/c1-21-16-7-6-13(17)8-12(16)10-14(20-19)9-11-4-2-3-5-15(11)18/h2-8,14,20H,9-10,19H2,1H3. The fourth-order valence-corrected chi connectivity index (χ4v) is 2.70. The van der Waals surface area contributed by atoms with E-state index in [0.717, 1.165) is 15.8 Å². The molecule has 2 aromatic carbocycles. The molecule has 0 aliphatic heterocycles. The molecular formula is C16H18BrFN2O. The molecule has 0 saturated heterocycles. The molecule has 5 heteroatoms. The number of hydrazine groups is 1. The van der Waals surface area contributed by atoms with Gasteiger partial charge in [0.1, 0.15) is 11.6 Å². The van der Waals surface area contributed by atoms with Crippen molar-refractivity contribution in [1.29, 1.82) is 0 Å². The van der Waals surface area contributed by atoms with Gasteiger partial charge >= 0.3 is 0 Å². The summed E-state index contributed by atoms with van der Waals surface area (Å²) in [5, 5.41) is 0. The van der Waals surface area contributed by atoms with E-state index in [1.54, 1.807) is 19.2 Å². The van der Waals surface area contributed by atoms with Gasteiger partial charge in [0.2, 0.25) is 0 Å². The van der Waals surface area contributed by atoms with Crippen molar-refractivity contribution in [2.75, 3.05) is 7.11 Å². The van der Waals surface area contributed by atoms with Crippen LogP contribution in [0.5, 0.6) is 5.75 Å². The molecule has 1 atom stereocenters. The van der Waals surface area contributed by atoms with Crippen molar-refractivity contribution in [1.82, 2.24) is 5.43 Å². The van der Waals surface area contributed by atoms with Crippen LogP contribution in [0.1, 0.15) is 11.1 Å². The summed E-state index contributed by atoms with van der Waals surface area (Å²) in [6.45, 7) is 0. The van der Waals surface area contributed by atoms with Crippen LogP contribution in [0, 0.1) is 5.82 Å². The van der Waals surface area contributed by atoms with E-state index in [2.05, 4.69) is 21.4 Å². The Balaban J connectivity index is 2.16. The predicted octanol–water partition coefficient (Wildman–Crippen LogP) is 3.21. The molecular weight excluding hydrogens is 335 g/mol. The summed E-state index contributed by atoms with van der Waals surface area (Å²) in [5.41, 5.74) is 4.43. The Labute approximate surface area is 132 Å². The van der Waals surface area contributed by atoms with Crippen LogP contribution in [0.25, 0.3) is 0 Å². The van der Waals surface area contributed by atoms with Crippen molar-refractivity contribution in [3.63, 3.8) is 0 Å². The molecule has 0 saturated carbocycles. The predicted molar refractivity (Wildman–Crippen MR) is 85.6 cm³/mol. The average molecular weight is 353 g/mol. The number of nitrogens with two attached hydrogens (primary N) is 1. The van der Waals surface area contributed by atoms with Crippen molar-refractivity contribution >= 4 is 15.9 Å². The Hall–Kier alpha value is -1.43. The quantitative estimate of drug-likeness (QED) is 0.619. The van der Waals surface area contributed by atoms with E-state index >= 15 is 0 Å². The average Bonchev–Trinajstić information content (AvgIpc) is 2.49. The van der Waals surface area contributed by atoms with Gasteiger partial charge in [-0.05, 0) is 48.2 Å². The van der Waals surface area contributed by atoms with Crippen LogP contribution in [0.3, 0.4) is 0 Å². The van der Waals surface area contributed by atoms with E-state index in [9.17, 15) is 4.39 Å². The molecule has 0 aliphatic carbocycles. The molecule has 0 aromatic heterocycles. The molecule has 0 fully saturated rings. The molecule has 0 radical (unpaired) electrons.